The van der Waals surface area contributed by atoms with Gasteiger partial charge in [0.1, 0.15) is 9.84 Å². The van der Waals surface area contributed by atoms with E-state index in [-0.39, 0.29) is 23.3 Å². The quantitative estimate of drug-likeness (QED) is 0.798. The zero-order chi connectivity index (χ0) is 15.0. The summed E-state index contributed by atoms with van der Waals surface area (Å²) in [5.74, 6) is -0.277. The van der Waals surface area contributed by atoms with E-state index in [4.69, 9.17) is 0 Å². The highest BCUT2D eigenvalue weighted by atomic mass is 32.2. The molecule has 0 aliphatic carbocycles. The van der Waals surface area contributed by atoms with Crippen molar-refractivity contribution >= 4 is 37.3 Å². The van der Waals surface area contributed by atoms with Crippen LogP contribution in [0.1, 0.15) is 12.8 Å². The fourth-order valence-electron chi connectivity index (χ4n) is 2.51. The summed E-state index contributed by atoms with van der Waals surface area (Å²) in [5.41, 5.74) is 1.04. The van der Waals surface area contributed by atoms with Crippen LogP contribution < -0.4 is 4.80 Å². The molecule has 1 aromatic heterocycles. The average Bonchev–Trinajstić information content (AvgIpc) is 2.76. The van der Waals surface area contributed by atoms with Gasteiger partial charge in [-0.2, -0.15) is 4.99 Å². The fraction of sp³-hybridized carbons (Fsp3) is 0.429. The Hall–Kier alpha value is -1.47. The lowest BCUT2D eigenvalue weighted by Gasteiger charge is -2.18. The maximum absolute atomic E-state index is 12.2. The standard InChI is InChI=1S/C14H16N2O3S2/c1-16-11-4-2-3-5-12(11)20-14(16)15-13(17)10-6-8-21(18,19)9-7-10/h2-5,10H,6-9H2,1H3. The second-order valence-corrected chi connectivity index (χ2v) is 8.60. The summed E-state index contributed by atoms with van der Waals surface area (Å²) in [6.45, 7) is 0. The Labute approximate surface area is 126 Å². The molecule has 1 aliphatic rings. The van der Waals surface area contributed by atoms with Gasteiger partial charge in [0.15, 0.2) is 4.80 Å². The summed E-state index contributed by atoms with van der Waals surface area (Å²) in [5, 5.41) is 0. The Morgan fingerprint density at radius 2 is 1.95 bits per heavy atom. The average molecular weight is 324 g/mol. The van der Waals surface area contributed by atoms with E-state index in [2.05, 4.69) is 4.99 Å². The molecule has 21 heavy (non-hydrogen) atoms. The fourth-order valence-corrected chi connectivity index (χ4v) is 5.03. The highest BCUT2D eigenvalue weighted by molar-refractivity contribution is 7.91. The molecule has 112 valence electrons. The molecule has 1 amide bonds. The lowest BCUT2D eigenvalue weighted by molar-refractivity contribution is -0.122. The highest BCUT2D eigenvalue weighted by Gasteiger charge is 2.28. The van der Waals surface area contributed by atoms with Crippen molar-refractivity contribution in [2.24, 2.45) is 18.0 Å². The van der Waals surface area contributed by atoms with Crippen molar-refractivity contribution in [1.82, 2.24) is 4.57 Å². The SMILES string of the molecule is Cn1c(=NC(=O)C2CCS(=O)(=O)CC2)sc2ccccc21. The second-order valence-electron chi connectivity index (χ2n) is 5.29. The largest absolute Gasteiger partial charge is 0.319 e. The van der Waals surface area contributed by atoms with Crippen molar-refractivity contribution in [3.63, 3.8) is 0 Å². The van der Waals surface area contributed by atoms with E-state index in [9.17, 15) is 13.2 Å². The maximum atomic E-state index is 12.2. The van der Waals surface area contributed by atoms with E-state index >= 15 is 0 Å². The van der Waals surface area contributed by atoms with Crippen LogP contribution in [0.4, 0.5) is 0 Å². The summed E-state index contributed by atoms with van der Waals surface area (Å²) in [7, 11) is -1.06. The molecule has 1 aliphatic heterocycles. The lowest BCUT2D eigenvalue weighted by atomic mass is 10.0. The smallest absolute Gasteiger partial charge is 0.251 e. The molecular formula is C14H16N2O3S2. The molecule has 7 heteroatoms. The number of nitrogens with zero attached hydrogens (tertiary/aromatic N) is 2. The molecule has 0 atom stereocenters. The monoisotopic (exact) mass is 324 g/mol. The topological polar surface area (TPSA) is 68.5 Å². The number of fused-ring (bicyclic) bond motifs is 1. The minimum absolute atomic E-state index is 0.0947. The van der Waals surface area contributed by atoms with E-state index in [1.807, 2.05) is 35.9 Å². The van der Waals surface area contributed by atoms with Gasteiger partial charge in [0.05, 0.1) is 21.7 Å². The molecule has 0 saturated carbocycles. The molecule has 0 unspecified atom stereocenters. The summed E-state index contributed by atoms with van der Waals surface area (Å²) in [6.07, 6.45) is 0.776. The minimum Gasteiger partial charge on any atom is -0.319 e. The van der Waals surface area contributed by atoms with Gasteiger partial charge < -0.3 is 4.57 Å². The van der Waals surface area contributed by atoms with Gasteiger partial charge in [-0.05, 0) is 25.0 Å². The number of benzene rings is 1. The maximum Gasteiger partial charge on any atom is 0.251 e. The number of sulfone groups is 1. The van der Waals surface area contributed by atoms with Gasteiger partial charge >= 0.3 is 0 Å². The number of para-hydroxylation sites is 1. The van der Waals surface area contributed by atoms with Gasteiger partial charge in [-0.15, -0.1) is 0 Å². The molecule has 5 nitrogen and oxygen atoms in total. The summed E-state index contributed by atoms with van der Waals surface area (Å²) >= 11 is 1.47. The molecule has 0 bridgehead atoms. The Kier molecular flexibility index (Phi) is 3.71. The van der Waals surface area contributed by atoms with Crippen LogP contribution in [0.25, 0.3) is 10.2 Å². The van der Waals surface area contributed by atoms with Gasteiger partial charge in [-0.25, -0.2) is 8.42 Å². The van der Waals surface area contributed by atoms with Crippen molar-refractivity contribution in [3.05, 3.63) is 29.1 Å². The van der Waals surface area contributed by atoms with Crippen LogP contribution in [0.15, 0.2) is 29.3 Å². The second kappa shape index (κ2) is 5.38. The number of thiazole rings is 1. The van der Waals surface area contributed by atoms with Crippen LogP contribution in [0.2, 0.25) is 0 Å². The van der Waals surface area contributed by atoms with Crippen LogP contribution in [-0.4, -0.2) is 30.4 Å². The highest BCUT2D eigenvalue weighted by Crippen LogP contribution is 2.20. The number of aryl methyl sites for hydroxylation is 1. The van der Waals surface area contributed by atoms with Gasteiger partial charge in [0, 0.05) is 13.0 Å². The van der Waals surface area contributed by atoms with Crippen LogP contribution in [-0.2, 0) is 21.7 Å². The third-order valence-corrected chi connectivity index (χ3v) is 6.65. The first-order valence-electron chi connectivity index (χ1n) is 6.80. The van der Waals surface area contributed by atoms with Crippen LogP contribution in [0.5, 0.6) is 0 Å². The zero-order valence-corrected chi connectivity index (χ0v) is 13.3. The lowest BCUT2D eigenvalue weighted by Crippen LogP contribution is -2.28. The number of hydrogen-bond acceptors (Lipinski definition) is 4. The van der Waals surface area contributed by atoms with E-state index in [1.54, 1.807) is 0 Å². The van der Waals surface area contributed by atoms with Gasteiger partial charge in [0.2, 0.25) is 0 Å². The van der Waals surface area contributed by atoms with Gasteiger partial charge in [-0.3, -0.25) is 4.79 Å². The number of aromatic nitrogens is 1. The normalized spacial score (nSPS) is 20.0. The van der Waals surface area contributed by atoms with E-state index in [0.717, 1.165) is 10.2 Å². The third kappa shape index (κ3) is 2.94. The Morgan fingerprint density at radius 1 is 1.29 bits per heavy atom. The van der Waals surface area contributed by atoms with Crippen molar-refractivity contribution < 1.29 is 13.2 Å². The Bertz CT molecular complexity index is 848. The van der Waals surface area contributed by atoms with Crippen molar-refractivity contribution in [1.29, 1.82) is 0 Å². The number of amides is 1. The number of hydrogen-bond donors (Lipinski definition) is 0. The molecule has 1 saturated heterocycles. The van der Waals surface area contributed by atoms with Crippen molar-refractivity contribution in [2.45, 2.75) is 12.8 Å². The van der Waals surface area contributed by atoms with Gasteiger partial charge in [-0.1, -0.05) is 23.5 Å². The van der Waals surface area contributed by atoms with E-state index < -0.39 is 9.84 Å². The predicted molar refractivity (Wildman–Crippen MR) is 82.7 cm³/mol. The van der Waals surface area contributed by atoms with Crippen molar-refractivity contribution in [2.75, 3.05) is 11.5 Å². The molecule has 1 aromatic carbocycles. The molecule has 0 N–H and O–H groups in total. The van der Waals surface area contributed by atoms with Crippen LogP contribution in [0.3, 0.4) is 0 Å². The molecule has 0 spiro atoms. The zero-order valence-electron chi connectivity index (χ0n) is 11.7. The molecule has 2 heterocycles. The molecular weight excluding hydrogens is 308 g/mol. The first-order valence-corrected chi connectivity index (χ1v) is 9.44. The minimum atomic E-state index is -2.95. The van der Waals surface area contributed by atoms with Gasteiger partial charge in [0.25, 0.3) is 5.91 Å². The number of rotatable bonds is 1. The number of carbonyl (C=O) groups is 1. The predicted octanol–water partition coefficient (Wildman–Crippen LogP) is 1.49. The molecule has 3 rings (SSSR count). The Morgan fingerprint density at radius 3 is 2.62 bits per heavy atom. The Balaban J connectivity index is 1.90. The first-order chi connectivity index (χ1) is 9.96. The summed E-state index contributed by atoms with van der Waals surface area (Å²) < 4.78 is 25.8. The summed E-state index contributed by atoms with van der Waals surface area (Å²) in [6, 6.07) is 7.89. The van der Waals surface area contributed by atoms with E-state index in [0.29, 0.717) is 17.6 Å². The molecule has 0 radical (unpaired) electrons. The summed E-state index contributed by atoms with van der Waals surface area (Å²) in [4.78, 5) is 17.1. The molecule has 2 aromatic rings. The van der Waals surface area contributed by atoms with Crippen molar-refractivity contribution in [3.8, 4) is 0 Å². The van der Waals surface area contributed by atoms with E-state index in [1.165, 1.54) is 11.3 Å². The van der Waals surface area contributed by atoms with Crippen LogP contribution in [0, 0.1) is 5.92 Å². The van der Waals surface area contributed by atoms with Crippen LogP contribution >= 0.6 is 11.3 Å². The third-order valence-electron chi connectivity index (χ3n) is 3.82. The number of carbonyl (C=O) groups excluding carboxylic acids is 1. The molecule has 1 fully saturated rings. The first kappa shape index (κ1) is 14.5.